The summed E-state index contributed by atoms with van der Waals surface area (Å²) in [5, 5.41) is 6.29. The summed E-state index contributed by atoms with van der Waals surface area (Å²) in [6.45, 7) is 6.09. The Hall–Kier alpha value is -1.03. The topological polar surface area (TPSA) is 21.3 Å². The van der Waals surface area contributed by atoms with E-state index in [1.165, 1.54) is 5.56 Å². The van der Waals surface area contributed by atoms with E-state index in [1.54, 1.807) is 11.3 Å². The van der Waals surface area contributed by atoms with Crippen molar-refractivity contribution in [3.05, 3.63) is 50.7 Å². The normalized spacial score (nSPS) is 12.7. The van der Waals surface area contributed by atoms with Crippen molar-refractivity contribution in [2.75, 3.05) is 7.05 Å². The lowest BCUT2D eigenvalue weighted by Crippen LogP contribution is -2.17. The molecule has 20 heavy (non-hydrogen) atoms. The second kappa shape index (κ2) is 6.61. The smallest absolute Gasteiger partial charge is 0.119 e. The van der Waals surface area contributed by atoms with Gasteiger partial charge in [0.15, 0.2) is 0 Å². The minimum atomic E-state index is 0.120. The highest BCUT2D eigenvalue weighted by atomic mass is 35.5. The molecule has 1 N–H and O–H groups in total. The first kappa shape index (κ1) is 15.4. The van der Waals surface area contributed by atoms with Crippen LogP contribution in [0.4, 0.5) is 0 Å². The van der Waals surface area contributed by atoms with Crippen LogP contribution in [0.3, 0.4) is 0 Å². The standard InChI is InChI=1S/C16H20ClNOS/c1-10(2)19-13-7-5-12(6-8-13)15(18-4)16-14(17)11(3)9-20-16/h5-10,15,18H,1-4H3. The van der Waals surface area contributed by atoms with Gasteiger partial charge in [0, 0.05) is 4.88 Å². The van der Waals surface area contributed by atoms with E-state index in [0.29, 0.717) is 0 Å². The molecule has 2 nitrogen and oxygen atoms in total. The highest BCUT2D eigenvalue weighted by Gasteiger charge is 2.18. The molecule has 1 aromatic heterocycles. The van der Waals surface area contributed by atoms with Crippen LogP contribution in [-0.2, 0) is 0 Å². The highest BCUT2D eigenvalue weighted by molar-refractivity contribution is 7.10. The summed E-state index contributed by atoms with van der Waals surface area (Å²) in [5.74, 6) is 0.895. The van der Waals surface area contributed by atoms with Crippen LogP contribution >= 0.6 is 22.9 Å². The molecule has 0 aliphatic heterocycles. The van der Waals surface area contributed by atoms with Crippen LogP contribution < -0.4 is 10.1 Å². The Kier molecular flexibility index (Phi) is 5.08. The fourth-order valence-corrected chi connectivity index (χ4v) is 3.54. The lowest BCUT2D eigenvalue weighted by atomic mass is 10.0. The van der Waals surface area contributed by atoms with E-state index in [1.807, 2.05) is 40.0 Å². The van der Waals surface area contributed by atoms with Crippen molar-refractivity contribution >= 4 is 22.9 Å². The SMILES string of the molecule is CNC(c1ccc(OC(C)C)cc1)c1scc(C)c1Cl. The van der Waals surface area contributed by atoms with Gasteiger partial charge in [0.2, 0.25) is 0 Å². The molecule has 0 amide bonds. The van der Waals surface area contributed by atoms with Crippen LogP contribution in [0, 0.1) is 6.92 Å². The first-order valence-electron chi connectivity index (χ1n) is 6.70. The van der Waals surface area contributed by atoms with Crippen LogP contribution in [0.1, 0.15) is 35.9 Å². The molecule has 1 heterocycles. The van der Waals surface area contributed by atoms with E-state index in [-0.39, 0.29) is 12.1 Å². The minimum Gasteiger partial charge on any atom is -0.491 e. The number of thiophene rings is 1. The third-order valence-corrected chi connectivity index (χ3v) is 4.84. The van der Waals surface area contributed by atoms with Gasteiger partial charge in [0.05, 0.1) is 17.2 Å². The molecule has 1 atom stereocenters. The molecular formula is C16H20ClNOS. The average molecular weight is 310 g/mol. The molecule has 0 fully saturated rings. The molecule has 108 valence electrons. The Morgan fingerprint density at radius 3 is 2.30 bits per heavy atom. The van der Waals surface area contributed by atoms with Crippen molar-refractivity contribution in [2.45, 2.75) is 32.9 Å². The van der Waals surface area contributed by atoms with Gasteiger partial charge in [-0.15, -0.1) is 11.3 Å². The third-order valence-electron chi connectivity index (χ3n) is 3.06. The largest absolute Gasteiger partial charge is 0.491 e. The molecule has 4 heteroatoms. The van der Waals surface area contributed by atoms with Gasteiger partial charge in [0.1, 0.15) is 5.75 Å². The maximum atomic E-state index is 6.38. The molecule has 0 radical (unpaired) electrons. The van der Waals surface area contributed by atoms with Crippen molar-refractivity contribution in [3.8, 4) is 5.75 Å². The fraction of sp³-hybridized carbons (Fsp3) is 0.375. The number of rotatable bonds is 5. The summed E-state index contributed by atoms with van der Waals surface area (Å²) < 4.78 is 5.67. The van der Waals surface area contributed by atoms with E-state index in [0.717, 1.165) is 21.2 Å². The zero-order valence-corrected chi connectivity index (χ0v) is 13.8. The van der Waals surface area contributed by atoms with Crippen LogP contribution in [0.2, 0.25) is 5.02 Å². The summed E-state index contributed by atoms with van der Waals surface area (Å²) in [6.07, 6.45) is 0.190. The quantitative estimate of drug-likeness (QED) is 0.856. The van der Waals surface area contributed by atoms with E-state index >= 15 is 0 Å². The third kappa shape index (κ3) is 3.35. The molecule has 0 saturated carbocycles. The Balaban J connectivity index is 2.26. The molecule has 2 aromatic rings. The predicted octanol–water partition coefficient (Wildman–Crippen LogP) is 4.81. The number of aryl methyl sites for hydroxylation is 1. The second-order valence-corrected chi connectivity index (χ2v) is 6.34. The van der Waals surface area contributed by atoms with Gasteiger partial charge < -0.3 is 10.1 Å². The van der Waals surface area contributed by atoms with Gasteiger partial charge in [0.25, 0.3) is 0 Å². The van der Waals surface area contributed by atoms with E-state index < -0.39 is 0 Å². The predicted molar refractivity (Wildman–Crippen MR) is 87.2 cm³/mol. The lowest BCUT2D eigenvalue weighted by molar-refractivity contribution is 0.242. The van der Waals surface area contributed by atoms with Crippen LogP contribution in [0.25, 0.3) is 0 Å². The Morgan fingerprint density at radius 1 is 1.20 bits per heavy atom. The zero-order chi connectivity index (χ0) is 14.7. The van der Waals surface area contributed by atoms with Crippen LogP contribution in [0.15, 0.2) is 29.6 Å². The van der Waals surface area contributed by atoms with Crippen molar-refractivity contribution in [3.63, 3.8) is 0 Å². The van der Waals surface area contributed by atoms with Crippen molar-refractivity contribution < 1.29 is 4.74 Å². The molecule has 0 spiro atoms. The maximum Gasteiger partial charge on any atom is 0.119 e. The molecule has 0 aliphatic carbocycles. The number of hydrogen-bond acceptors (Lipinski definition) is 3. The van der Waals surface area contributed by atoms with E-state index in [4.69, 9.17) is 16.3 Å². The van der Waals surface area contributed by atoms with Gasteiger partial charge in [-0.1, -0.05) is 23.7 Å². The number of nitrogens with one attached hydrogen (secondary N) is 1. The molecule has 1 aromatic carbocycles. The van der Waals surface area contributed by atoms with Crippen molar-refractivity contribution in [1.82, 2.24) is 5.32 Å². The first-order valence-corrected chi connectivity index (χ1v) is 7.96. The van der Waals surface area contributed by atoms with E-state index in [2.05, 4.69) is 22.8 Å². The molecular weight excluding hydrogens is 290 g/mol. The van der Waals surface area contributed by atoms with Gasteiger partial charge in [-0.05, 0) is 56.5 Å². The molecule has 0 saturated heterocycles. The summed E-state index contributed by atoms with van der Waals surface area (Å²) >= 11 is 8.07. The molecule has 1 unspecified atom stereocenters. The zero-order valence-electron chi connectivity index (χ0n) is 12.2. The van der Waals surface area contributed by atoms with Gasteiger partial charge in [-0.3, -0.25) is 0 Å². The Bertz CT molecular complexity index is 562. The van der Waals surface area contributed by atoms with Gasteiger partial charge >= 0.3 is 0 Å². The van der Waals surface area contributed by atoms with Crippen molar-refractivity contribution in [2.24, 2.45) is 0 Å². The maximum absolute atomic E-state index is 6.38. The summed E-state index contributed by atoms with van der Waals surface area (Å²) in [6, 6.07) is 8.31. The molecule has 0 aliphatic rings. The van der Waals surface area contributed by atoms with Gasteiger partial charge in [-0.25, -0.2) is 0 Å². The van der Waals surface area contributed by atoms with Crippen molar-refractivity contribution in [1.29, 1.82) is 0 Å². The average Bonchev–Trinajstić information content (AvgIpc) is 2.73. The Morgan fingerprint density at radius 2 is 1.85 bits per heavy atom. The fourth-order valence-electron chi connectivity index (χ4n) is 2.10. The highest BCUT2D eigenvalue weighted by Crippen LogP contribution is 2.35. The summed E-state index contributed by atoms with van der Waals surface area (Å²) in [4.78, 5) is 1.16. The van der Waals surface area contributed by atoms with E-state index in [9.17, 15) is 0 Å². The van der Waals surface area contributed by atoms with Crippen LogP contribution in [0.5, 0.6) is 5.75 Å². The Labute approximate surface area is 129 Å². The van der Waals surface area contributed by atoms with Gasteiger partial charge in [-0.2, -0.15) is 0 Å². The minimum absolute atomic E-state index is 0.120. The summed E-state index contributed by atoms with van der Waals surface area (Å²) in [7, 11) is 1.95. The number of hydrogen-bond donors (Lipinski definition) is 1. The lowest BCUT2D eigenvalue weighted by Gasteiger charge is -2.17. The number of benzene rings is 1. The molecule has 2 rings (SSSR count). The van der Waals surface area contributed by atoms with Crippen LogP contribution in [-0.4, -0.2) is 13.2 Å². The monoisotopic (exact) mass is 309 g/mol. The number of ether oxygens (including phenoxy) is 1. The second-order valence-electron chi connectivity index (χ2n) is 5.05. The summed E-state index contributed by atoms with van der Waals surface area (Å²) in [5.41, 5.74) is 2.32. The molecule has 0 bridgehead atoms. The first-order chi connectivity index (χ1) is 9.52. The number of halogens is 1.